The molecule has 0 heterocycles. The lowest BCUT2D eigenvalue weighted by molar-refractivity contribution is 0.0693. The van der Waals surface area contributed by atoms with Gasteiger partial charge in [-0.1, -0.05) is 41.9 Å². The number of aryl methyl sites for hydroxylation is 1. The molecule has 0 aliphatic carbocycles. The molecule has 0 unspecified atom stereocenters. The van der Waals surface area contributed by atoms with Crippen LogP contribution in [0.25, 0.3) is 0 Å². The number of carboxylic acids is 1. The maximum absolute atomic E-state index is 12.3. The van der Waals surface area contributed by atoms with E-state index in [-0.39, 0.29) is 16.9 Å². The van der Waals surface area contributed by atoms with Gasteiger partial charge in [-0.2, -0.15) is 0 Å². The minimum Gasteiger partial charge on any atom is -0.478 e. The van der Waals surface area contributed by atoms with Gasteiger partial charge < -0.3 is 5.11 Å². The van der Waals surface area contributed by atoms with Gasteiger partial charge in [-0.3, -0.25) is 4.79 Å². The Kier molecular flexibility index (Phi) is 3.67. The number of carbonyl (C=O) groups is 2. The van der Waals surface area contributed by atoms with Gasteiger partial charge in [0.2, 0.25) is 0 Å². The number of aromatic carboxylic acids is 1. The molecule has 0 radical (unpaired) electrons. The Morgan fingerprint density at radius 3 is 2.26 bits per heavy atom. The zero-order chi connectivity index (χ0) is 14.0. The third-order valence-electron chi connectivity index (χ3n) is 2.84. The second-order valence-electron chi connectivity index (χ2n) is 4.14. The van der Waals surface area contributed by atoms with Crippen molar-refractivity contribution in [3.8, 4) is 0 Å². The normalized spacial score (nSPS) is 10.2. The number of halogens is 1. The Balaban J connectivity index is 2.50. The summed E-state index contributed by atoms with van der Waals surface area (Å²) < 4.78 is 0. The maximum atomic E-state index is 12.3. The van der Waals surface area contributed by atoms with Gasteiger partial charge >= 0.3 is 5.97 Å². The van der Waals surface area contributed by atoms with E-state index >= 15 is 0 Å². The SMILES string of the molecule is Cc1ccc(C(=O)c2ccccc2C(=O)O)cc1Cl. The van der Waals surface area contributed by atoms with Crippen LogP contribution < -0.4 is 0 Å². The van der Waals surface area contributed by atoms with Crippen molar-refractivity contribution >= 4 is 23.4 Å². The molecule has 0 atom stereocenters. The highest BCUT2D eigenvalue weighted by molar-refractivity contribution is 6.32. The van der Waals surface area contributed by atoms with E-state index in [1.807, 2.05) is 6.92 Å². The van der Waals surface area contributed by atoms with Crippen LogP contribution in [0, 0.1) is 6.92 Å². The first-order valence-electron chi connectivity index (χ1n) is 5.64. The quantitative estimate of drug-likeness (QED) is 0.871. The summed E-state index contributed by atoms with van der Waals surface area (Å²) in [6.45, 7) is 1.84. The number of rotatable bonds is 3. The van der Waals surface area contributed by atoms with Crippen molar-refractivity contribution in [3.05, 3.63) is 69.7 Å². The fourth-order valence-corrected chi connectivity index (χ4v) is 1.94. The van der Waals surface area contributed by atoms with Gasteiger partial charge in [0, 0.05) is 16.1 Å². The zero-order valence-electron chi connectivity index (χ0n) is 10.2. The summed E-state index contributed by atoms with van der Waals surface area (Å²) in [4.78, 5) is 23.4. The molecule has 2 rings (SSSR count). The molecule has 2 aromatic rings. The highest BCUT2D eigenvalue weighted by Gasteiger charge is 2.17. The first kappa shape index (κ1) is 13.3. The van der Waals surface area contributed by atoms with Gasteiger partial charge in [-0.25, -0.2) is 4.79 Å². The van der Waals surface area contributed by atoms with Crippen molar-refractivity contribution in [1.29, 1.82) is 0 Å². The summed E-state index contributed by atoms with van der Waals surface area (Å²) in [6.07, 6.45) is 0. The van der Waals surface area contributed by atoms with E-state index < -0.39 is 5.97 Å². The second-order valence-corrected chi connectivity index (χ2v) is 4.55. The molecule has 0 saturated carbocycles. The molecule has 4 heteroatoms. The Morgan fingerprint density at radius 1 is 1.05 bits per heavy atom. The molecule has 0 spiro atoms. The molecular weight excluding hydrogens is 264 g/mol. The Hall–Kier alpha value is -2.13. The summed E-state index contributed by atoms with van der Waals surface area (Å²) in [5.41, 5.74) is 1.40. The third-order valence-corrected chi connectivity index (χ3v) is 3.24. The van der Waals surface area contributed by atoms with E-state index in [1.54, 1.807) is 30.3 Å². The van der Waals surface area contributed by atoms with Gasteiger partial charge in [0.15, 0.2) is 5.78 Å². The maximum Gasteiger partial charge on any atom is 0.336 e. The van der Waals surface area contributed by atoms with E-state index in [0.717, 1.165) is 5.56 Å². The van der Waals surface area contributed by atoms with Gasteiger partial charge in [0.1, 0.15) is 0 Å². The highest BCUT2D eigenvalue weighted by atomic mass is 35.5. The minimum atomic E-state index is -1.12. The van der Waals surface area contributed by atoms with Crippen molar-refractivity contribution in [1.82, 2.24) is 0 Å². The molecule has 3 nitrogen and oxygen atoms in total. The van der Waals surface area contributed by atoms with Crippen LogP contribution in [0.5, 0.6) is 0 Å². The van der Waals surface area contributed by atoms with E-state index in [0.29, 0.717) is 10.6 Å². The van der Waals surface area contributed by atoms with Gasteiger partial charge in [0.25, 0.3) is 0 Å². The van der Waals surface area contributed by atoms with Crippen LogP contribution in [0.1, 0.15) is 31.8 Å². The van der Waals surface area contributed by atoms with Crippen LogP contribution in [-0.2, 0) is 0 Å². The van der Waals surface area contributed by atoms with Crippen LogP contribution in [0.15, 0.2) is 42.5 Å². The molecule has 0 aliphatic rings. The average Bonchev–Trinajstić information content (AvgIpc) is 2.41. The summed E-state index contributed by atoms with van der Waals surface area (Å²) in [5.74, 6) is -1.47. The average molecular weight is 275 g/mol. The summed E-state index contributed by atoms with van der Waals surface area (Å²) >= 11 is 5.98. The molecule has 1 N–H and O–H groups in total. The third kappa shape index (κ3) is 2.66. The predicted molar refractivity (Wildman–Crippen MR) is 73.0 cm³/mol. The van der Waals surface area contributed by atoms with Crippen LogP contribution in [0.3, 0.4) is 0 Å². The fourth-order valence-electron chi connectivity index (χ4n) is 1.76. The van der Waals surface area contributed by atoms with Gasteiger partial charge in [0.05, 0.1) is 5.56 Å². The van der Waals surface area contributed by atoms with Crippen molar-refractivity contribution in [2.75, 3.05) is 0 Å². The van der Waals surface area contributed by atoms with Crippen LogP contribution in [0.2, 0.25) is 5.02 Å². The topological polar surface area (TPSA) is 54.4 Å². The molecule has 2 aromatic carbocycles. The molecular formula is C15H11ClO3. The number of hydrogen-bond donors (Lipinski definition) is 1. The van der Waals surface area contributed by atoms with E-state index in [9.17, 15) is 9.59 Å². The van der Waals surface area contributed by atoms with Crippen LogP contribution in [0.4, 0.5) is 0 Å². The fraction of sp³-hybridized carbons (Fsp3) is 0.0667. The Morgan fingerprint density at radius 2 is 1.68 bits per heavy atom. The zero-order valence-corrected chi connectivity index (χ0v) is 10.9. The Labute approximate surface area is 115 Å². The monoisotopic (exact) mass is 274 g/mol. The molecule has 0 amide bonds. The lowest BCUT2D eigenvalue weighted by Gasteiger charge is -2.06. The smallest absolute Gasteiger partial charge is 0.336 e. The first-order valence-corrected chi connectivity index (χ1v) is 6.01. The van der Waals surface area contributed by atoms with Crippen LogP contribution >= 0.6 is 11.6 Å². The summed E-state index contributed by atoms with van der Waals surface area (Å²) in [5, 5.41) is 9.57. The van der Waals surface area contributed by atoms with Crippen molar-refractivity contribution < 1.29 is 14.7 Å². The number of benzene rings is 2. The highest BCUT2D eigenvalue weighted by Crippen LogP contribution is 2.20. The molecule has 0 bridgehead atoms. The summed E-state index contributed by atoms with van der Waals surface area (Å²) in [7, 11) is 0. The number of carboxylic acid groups (broad SMARTS) is 1. The lowest BCUT2D eigenvalue weighted by Crippen LogP contribution is -2.09. The van der Waals surface area contributed by atoms with E-state index in [2.05, 4.69) is 0 Å². The number of hydrogen-bond acceptors (Lipinski definition) is 2. The molecule has 0 aromatic heterocycles. The summed E-state index contributed by atoms with van der Waals surface area (Å²) in [6, 6.07) is 11.1. The minimum absolute atomic E-state index is 0.0100. The Bertz CT molecular complexity index is 662. The van der Waals surface area contributed by atoms with Crippen LogP contribution in [-0.4, -0.2) is 16.9 Å². The van der Waals surface area contributed by atoms with Gasteiger partial charge in [-0.05, 0) is 24.6 Å². The molecule has 0 saturated heterocycles. The number of ketones is 1. The van der Waals surface area contributed by atoms with Gasteiger partial charge in [-0.15, -0.1) is 0 Å². The molecule has 96 valence electrons. The standard InChI is InChI=1S/C15H11ClO3/c1-9-6-7-10(8-13(9)16)14(17)11-4-2-3-5-12(11)15(18)19/h2-8H,1H3,(H,18,19). The molecule has 19 heavy (non-hydrogen) atoms. The first-order chi connectivity index (χ1) is 9.00. The van der Waals surface area contributed by atoms with Crippen molar-refractivity contribution in [2.24, 2.45) is 0 Å². The van der Waals surface area contributed by atoms with E-state index in [4.69, 9.17) is 16.7 Å². The molecule has 0 aliphatic heterocycles. The number of carbonyl (C=O) groups excluding carboxylic acids is 1. The molecule has 0 fully saturated rings. The van der Waals surface area contributed by atoms with E-state index in [1.165, 1.54) is 12.1 Å². The second kappa shape index (κ2) is 5.24. The van der Waals surface area contributed by atoms with Crippen molar-refractivity contribution in [3.63, 3.8) is 0 Å². The predicted octanol–water partition coefficient (Wildman–Crippen LogP) is 3.58. The lowest BCUT2D eigenvalue weighted by atomic mass is 9.98. The van der Waals surface area contributed by atoms with Crippen molar-refractivity contribution in [2.45, 2.75) is 6.92 Å². The largest absolute Gasteiger partial charge is 0.478 e.